The number of Topliss-reactive ketones (excluding diaryl/α,β-unsaturated/α-hetero) is 1. The molecule has 0 radical (unpaired) electrons. The van der Waals surface area contributed by atoms with Crippen LogP contribution in [0.5, 0.6) is 17.2 Å². The highest BCUT2D eigenvalue weighted by Gasteiger charge is 2.47. The van der Waals surface area contributed by atoms with Gasteiger partial charge in [-0.25, -0.2) is 4.79 Å². The molecule has 0 unspecified atom stereocenters. The molecule has 8 heteroatoms. The van der Waals surface area contributed by atoms with Crippen molar-refractivity contribution in [1.29, 1.82) is 0 Å². The first kappa shape index (κ1) is 29.1. The summed E-state index contributed by atoms with van der Waals surface area (Å²) in [7, 11) is 1.38. The van der Waals surface area contributed by atoms with Crippen LogP contribution in [0.3, 0.4) is 0 Å². The van der Waals surface area contributed by atoms with E-state index in [9.17, 15) is 19.8 Å². The first-order chi connectivity index (χ1) is 20.0. The van der Waals surface area contributed by atoms with Gasteiger partial charge in [-0.1, -0.05) is 72.8 Å². The topological polar surface area (TPSA) is 112 Å². The molecule has 42 heavy (non-hydrogen) atoms. The summed E-state index contributed by atoms with van der Waals surface area (Å²) in [4.78, 5) is 27.7. The maximum atomic E-state index is 14.3. The van der Waals surface area contributed by atoms with Crippen molar-refractivity contribution < 1.29 is 38.7 Å². The Kier molecular flexibility index (Phi) is 7.95. The molecule has 2 heterocycles. The minimum absolute atomic E-state index is 0.0171. The zero-order valence-corrected chi connectivity index (χ0v) is 24.0. The standard InChI is InChI=1S/C34H34O8/c1-19(2)24(35)18-23-30-22(16-17-34(3,4)42-30)26(36)25-27(37)32(28(40-31(23)25)20-12-8-6-9-13-20)41-33(38)29(39-5)21-14-10-7-11-15-21/h6-17,24,28-29,32,35-36H,1,18H2,2-5H3/t24-,28-,29+,32+/m1/s1. The number of aliphatic hydroxyl groups is 1. The molecule has 8 nitrogen and oxygen atoms in total. The molecule has 3 aromatic carbocycles. The number of benzene rings is 3. The van der Waals surface area contributed by atoms with E-state index in [1.165, 1.54) is 7.11 Å². The van der Waals surface area contributed by atoms with Crippen molar-refractivity contribution in [2.45, 2.75) is 57.2 Å². The molecule has 5 rings (SSSR count). The van der Waals surface area contributed by atoms with E-state index in [0.29, 0.717) is 28.0 Å². The molecule has 0 aromatic heterocycles. The van der Waals surface area contributed by atoms with Crippen LogP contribution in [0, 0.1) is 0 Å². The molecule has 0 bridgehead atoms. The number of aromatic hydroxyl groups is 1. The maximum Gasteiger partial charge on any atom is 0.340 e. The van der Waals surface area contributed by atoms with Gasteiger partial charge in [0.05, 0.1) is 11.7 Å². The minimum Gasteiger partial charge on any atom is -0.506 e. The smallest absolute Gasteiger partial charge is 0.340 e. The Hall–Kier alpha value is -4.40. The van der Waals surface area contributed by atoms with Crippen LogP contribution in [-0.2, 0) is 20.7 Å². The van der Waals surface area contributed by atoms with Gasteiger partial charge in [0.2, 0.25) is 11.9 Å². The van der Waals surface area contributed by atoms with E-state index in [-0.39, 0.29) is 29.0 Å². The number of phenolic OH excluding ortho intramolecular Hbond substituents is 1. The number of hydrogen-bond donors (Lipinski definition) is 2. The lowest BCUT2D eigenvalue weighted by molar-refractivity contribution is -0.163. The molecule has 2 N–H and O–H groups in total. The summed E-state index contributed by atoms with van der Waals surface area (Å²) in [6.07, 6.45) is -1.10. The van der Waals surface area contributed by atoms with Crippen LogP contribution in [0.4, 0.5) is 0 Å². The number of aliphatic hydroxyl groups excluding tert-OH is 1. The van der Waals surface area contributed by atoms with E-state index >= 15 is 0 Å². The van der Waals surface area contributed by atoms with Gasteiger partial charge in [-0.2, -0.15) is 0 Å². The highest BCUT2D eigenvalue weighted by molar-refractivity contribution is 6.08. The lowest BCUT2D eigenvalue weighted by Gasteiger charge is -2.37. The fraction of sp³-hybridized carbons (Fsp3) is 0.294. The molecule has 0 saturated carbocycles. The number of fused-ring (bicyclic) bond motifs is 2. The second kappa shape index (κ2) is 11.5. The molecule has 4 atom stereocenters. The molecule has 3 aromatic rings. The largest absolute Gasteiger partial charge is 0.506 e. The number of esters is 1. The Morgan fingerprint density at radius 1 is 1.07 bits per heavy atom. The monoisotopic (exact) mass is 570 g/mol. The molecule has 2 aliphatic heterocycles. The van der Waals surface area contributed by atoms with E-state index < -0.39 is 41.8 Å². The fourth-order valence-corrected chi connectivity index (χ4v) is 5.18. The number of rotatable bonds is 8. The number of hydrogen-bond acceptors (Lipinski definition) is 8. The SMILES string of the molecule is C=C(C)[C@H](O)Cc1c2c(c(O)c3c1O[C@H](c1ccccc1)[C@@H](OC(=O)[C@@H](OC)c1ccccc1)C3=O)C=CC(C)(C)O2. The molecular formula is C34H34O8. The van der Waals surface area contributed by atoms with Gasteiger partial charge < -0.3 is 29.2 Å². The summed E-state index contributed by atoms with van der Waals surface area (Å²) < 4.78 is 24.1. The van der Waals surface area contributed by atoms with Gasteiger partial charge in [0.1, 0.15) is 28.4 Å². The van der Waals surface area contributed by atoms with Gasteiger partial charge in [-0.15, -0.1) is 0 Å². The average molecular weight is 571 g/mol. The summed E-state index contributed by atoms with van der Waals surface area (Å²) in [6.45, 7) is 9.27. The third-order valence-electron chi connectivity index (χ3n) is 7.44. The Morgan fingerprint density at radius 3 is 2.33 bits per heavy atom. The van der Waals surface area contributed by atoms with Crippen molar-refractivity contribution in [3.05, 3.63) is 107 Å². The van der Waals surface area contributed by atoms with Crippen LogP contribution in [0.25, 0.3) is 6.08 Å². The minimum atomic E-state index is -1.44. The first-order valence-corrected chi connectivity index (χ1v) is 13.7. The molecular weight excluding hydrogens is 536 g/mol. The van der Waals surface area contributed by atoms with Gasteiger partial charge in [-0.05, 0) is 44.1 Å². The number of ether oxygens (including phenoxy) is 4. The molecule has 2 aliphatic rings. The van der Waals surface area contributed by atoms with E-state index in [1.54, 1.807) is 67.6 Å². The van der Waals surface area contributed by atoms with Crippen molar-refractivity contribution in [3.8, 4) is 17.2 Å². The van der Waals surface area contributed by atoms with Gasteiger partial charge in [0, 0.05) is 19.1 Å². The van der Waals surface area contributed by atoms with Crippen LogP contribution >= 0.6 is 0 Å². The third-order valence-corrected chi connectivity index (χ3v) is 7.44. The maximum absolute atomic E-state index is 14.3. The second-order valence-electron chi connectivity index (χ2n) is 11.1. The van der Waals surface area contributed by atoms with Crippen molar-refractivity contribution in [2.75, 3.05) is 7.11 Å². The van der Waals surface area contributed by atoms with Crippen LogP contribution < -0.4 is 9.47 Å². The van der Waals surface area contributed by atoms with Crippen LogP contribution in [-0.4, -0.2) is 46.9 Å². The molecule has 0 aliphatic carbocycles. The zero-order valence-electron chi connectivity index (χ0n) is 24.0. The Labute approximate surface area is 244 Å². The van der Waals surface area contributed by atoms with Crippen molar-refractivity contribution in [2.24, 2.45) is 0 Å². The average Bonchev–Trinajstić information content (AvgIpc) is 2.97. The van der Waals surface area contributed by atoms with Crippen molar-refractivity contribution in [1.82, 2.24) is 0 Å². The number of carbonyl (C=O) groups is 2. The summed E-state index contributed by atoms with van der Waals surface area (Å²) in [5.41, 5.74) is 1.45. The van der Waals surface area contributed by atoms with Crippen molar-refractivity contribution >= 4 is 17.8 Å². The predicted molar refractivity (Wildman–Crippen MR) is 157 cm³/mol. The molecule has 0 saturated heterocycles. The van der Waals surface area contributed by atoms with E-state index in [4.69, 9.17) is 18.9 Å². The van der Waals surface area contributed by atoms with Gasteiger partial charge in [0.25, 0.3) is 0 Å². The van der Waals surface area contributed by atoms with Crippen LogP contribution in [0.2, 0.25) is 0 Å². The van der Waals surface area contributed by atoms with Crippen molar-refractivity contribution in [3.63, 3.8) is 0 Å². The summed E-state index contributed by atoms with van der Waals surface area (Å²) in [5.74, 6) is -1.42. The number of phenols is 1. The summed E-state index contributed by atoms with van der Waals surface area (Å²) in [5, 5.41) is 22.3. The summed E-state index contributed by atoms with van der Waals surface area (Å²) >= 11 is 0. The van der Waals surface area contributed by atoms with E-state index in [1.807, 2.05) is 26.0 Å². The lowest BCUT2D eigenvalue weighted by Crippen LogP contribution is -2.42. The molecule has 0 fully saturated rings. The van der Waals surface area contributed by atoms with Gasteiger partial charge in [-0.3, -0.25) is 4.79 Å². The summed E-state index contributed by atoms with van der Waals surface area (Å²) in [6, 6.07) is 17.7. The van der Waals surface area contributed by atoms with Gasteiger partial charge in [0.15, 0.2) is 12.2 Å². The number of methoxy groups -OCH3 is 1. The van der Waals surface area contributed by atoms with E-state index in [2.05, 4.69) is 6.58 Å². The Balaban J connectivity index is 1.66. The van der Waals surface area contributed by atoms with Gasteiger partial charge >= 0.3 is 5.97 Å². The third kappa shape index (κ3) is 5.43. The zero-order chi connectivity index (χ0) is 30.2. The van der Waals surface area contributed by atoms with Crippen LogP contribution in [0.1, 0.15) is 65.6 Å². The molecule has 0 amide bonds. The number of carbonyl (C=O) groups excluding carboxylic acids is 2. The van der Waals surface area contributed by atoms with Crippen LogP contribution in [0.15, 0.2) is 78.9 Å². The fourth-order valence-electron chi connectivity index (χ4n) is 5.18. The first-order valence-electron chi connectivity index (χ1n) is 13.7. The highest BCUT2D eigenvalue weighted by atomic mass is 16.6. The molecule has 218 valence electrons. The highest BCUT2D eigenvalue weighted by Crippen LogP contribution is 2.52. The normalized spacial score (nSPS) is 19.9. The predicted octanol–water partition coefficient (Wildman–Crippen LogP) is 5.67. The quantitative estimate of drug-likeness (QED) is 0.263. The second-order valence-corrected chi connectivity index (χ2v) is 11.1. The molecule has 0 spiro atoms. The number of ketones is 1. The van der Waals surface area contributed by atoms with E-state index in [0.717, 1.165) is 0 Å². The Morgan fingerprint density at radius 2 is 1.71 bits per heavy atom. The Bertz CT molecular complexity index is 1540. The lowest BCUT2D eigenvalue weighted by atomic mass is 9.86.